The van der Waals surface area contributed by atoms with E-state index in [-0.39, 0.29) is 12.4 Å². The summed E-state index contributed by atoms with van der Waals surface area (Å²) in [4.78, 5) is 4.42. The summed E-state index contributed by atoms with van der Waals surface area (Å²) in [5, 5.41) is 9.61. The van der Waals surface area contributed by atoms with Gasteiger partial charge in [-0.25, -0.2) is 5.90 Å². The molecule has 0 aliphatic rings. The number of nitrogens with two attached hydrogens (primary N) is 1. The van der Waals surface area contributed by atoms with Crippen molar-refractivity contribution in [3.8, 4) is 11.5 Å². The van der Waals surface area contributed by atoms with Crippen LogP contribution in [0.2, 0.25) is 0 Å². The topological polar surface area (TPSA) is 64.7 Å². The molecule has 5 heteroatoms. The van der Waals surface area contributed by atoms with Gasteiger partial charge in [0.25, 0.3) is 0 Å². The molecule has 0 heterocycles. The van der Waals surface area contributed by atoms with Gasteiger partial charge in [-0.2, -0.15) is 0 Å². The van der Waals surface area contributed by atoms with E-state index in [4.69, 9.17) is 10.6 Å². The highest BCUT2D eigenvalue weighted by Crippen LogP contribution is 2.37. The summed E-state index contributed by atoms with van der Waals surface area (Å²) in [5.41, 5.74) is 0.586. The average molecular weight is 248 g/mol. The van der Waals surface area contributed by atoms with Gasteiger partial charge >= 0.3 is 0 Å². The third kappa shape index (κ3) is 2.12. The highest BCUT2D eigenvalue weighted by Gasteiger charge is 2.11. The molecule has 13 heavy (non-hydrogen) atoms. The van der Waals surface area contributed by atoms with Crippen molar-refractivity contribution < 1.29 is 14.7 Å². The largest absolute Gasteiger partial charge is 0.504 e. The van der Waals surface area contributed by atoms with Gasteiger partial charge in [-0.1, -0.05) is 6.07 Å². The lowest BCUT2D eigenvalue weighted by Gasteiger charge is -2.09. The Kier molecular flexibility index (Phi) is 3.53. The smallest absolute Gasteiger partial charge is 0.175 e. The maximum Gasteiger partial charge on any atom is 0.175 e. The van der Waals surface area contributed by atoms with Crippen molar-refractivity contribution in [3.63, 3.8) is 0 Å². The third-order valence-electron chi connectivity index (χ3n) is 1.61. The van der Waals surface area contributed by atoms with E-state index in [9.17, 15) is 5.11 Å². The van der Waals surface area contributed by atoms with Crippen LogP contribution in [0.3, 0.4) is 0 Å². The predicted molar refractivity (Wildman–Crippen MR) is 51.3 cm³/mol. The summed E-state index contributed by atoms with van der Waals surface area (Å²) in [6.07, 6.45) is 0. The number of rotatable bonds is 3. The van der Waals surface area contributed by atoms with Crippen LogP contribution in [0.4, 0.5) is 0 Å². The number of phenolic OH excluding ortho intramolecular Hbond substituents is 1. The fourth-order valence-electron chi connectivity index (χ4n) is 0.988. The Hall–Kier alpha value is -0.780. The molecule has 0 amide bonds. The second-order valence-electron chi connectivity index (χ2n) is 2.40. The molecule has 72 valence electrons. The molecular formula is C8H10BrNO3. The Morgan fingerprint density at radius 1 is 1.54 bits per heavy atom. The van der Waals surface area contributed by atoms with Crippen molar-refractivity contribution in [2.75, 3.05) is 7.11 Å². The van der Waals surface area contributed by atoms with Gasteiger partial charge in [0.1, 0.15) is 0 Å². The number of benzene rings is 1. The molecular weight excluding hydrogens is 238 g/mol. The second-order valence-corrected chi connectivity index (χ2v) is 3.25. The van der Waals surface area contributed by atoms with E-state index in [1.165, 1.54) is 7.11 Å². The van der Waals surface area contributed by atoms with E-state index in [1.54, 1.807) is 12.1 Å². The van der Waals surface area contributed by atoms with Crippen molar-refractivity contribution in [3.05, 3.63) is 22.2 Å². The monoisotopic (exact) mass is 247 g/mol. The number of hydrogen-bond donors (Lipinski definition) is 2. The van der Waals surface area contributed by atoms with Crippen LogP contribution in [0.1, 0.15) is 5.56 Å². The molecule has 4 nitrogen and oxygen atoms in total. The molecule has 0 fully saturated rings. The molecule has 0 spiro atoms. The molecule has 0 aromatic heterocycles. The van der Waals surface area contributed by atoms with Gasteiger partial charge in [-0.3, -0.25) is 4.84 Å². The Labute approximate surface area is 84.3 Å². The molecule has 0 unspecified atom stereocenters. The maximum absolute atomic E-state index is 9.61. The molecule has 1 rings (SSSR count). The molecule has 0 bridgehead atoms. The lowest BCUT2D eigenvalue weighted by molar-refractivity contribution is 0.122. The van der Waals surface area contributed by atoms with E-state index < -0.39 is 0 Å². The summed E-state index contributed by atoms with van der Waals surface area (Å²) in [7, 11) is 1.48. The van der Waals surface area contributed by atoms with Gasteiger partial charge in [-0.15, -0.1) is 0 Å². The number of halogens is 1. The lowest BCUT2D eigenvalue weighted by Crippen LogP contribution is -2.00. The maximum atomic E-state index is 9.61. The number of methoxy groups -OCH3 is 1. The predicted octanol–water partition coefficient (Wildman–Crippen LogP) is 1.55. The first-order valence-corrected chi connectivity index (χ1v) is 4.36. The fourth-order valence-corrected chi connectivity index (χ4v) is 1.47. The van der Waals surface area contributed by atoms with Crippen LogP contribution in [0.15, 0.2) is 16.6 Å². The second kappa shape index (κ2) is 4.45. The van der Waals surface area contributed by atoms with Crippen LogP contribution in [0, 0.1) is 0 Å². The Balaban J connectivity index is 3.11. The van der Waals surface area contributed by atoms with Crippen LogP contribution in [0.5, 0.6) is 11.5 Å². The zero-order valence-corrected chi connectivity index (χ0v) is 8.67. The van der Waals surface area contributed by atoms with Gasteiger partial charge in [0, 0.05) is 5.56 Å². The number of aromatic hydroxyl groups is 1. The average Bonchev–Trinajstić information content (AvgIpc) is 2.11. The molecule has 0 radical (unpaired) electrons. The quantitative estimate of drug-likeness (QED) is 0.796. The van der Waals surface area contributed by atoms with E-state index in [0.717, 1.165) is 0 Å². The molecule has 0 atom stereocenters. The van der Waals surface area contributed by atoms with Gasteiger partial charge in [0.15, 0.2) is 11.5 Å². The van der Waals surface area contributed by atoms with Crippen molar-refractivity contribution in [2.24, 2.45) is 5.90 Å². The molecule has 1 aromatic carbocycles. The summed E-state index contributed by atoms with van der Waals surface area (Å²) in [6, 6.07) is 3.46. The molecule has 0 saturated heterocycles. The lowest BCUT2D eigenvalue weighted by atomic mass is 10.2. The van der Waals surface area contributed by atoms with Crippen LogP contribution in [-0.4, -0.2) is 12.2 Å². The zero-order valence-electron chi connectivity index (χ0n) is 7.08. The van der Waals surface area contributed by atoms with Crippen molar-refractivity contribution in [2.45, 2.75) is 6.61 Å². The third-order valence-corrected chi connectivity index (χ3v) is 2.23. The normalized spacial score (nSPS) is 10.1. The molecule has 1 aromatic rings. The number of phenols is 1. The summed E-state index contributed by atoms with van der Waals surface area (Å²) in [5.74, 6) is 5.32. The van der Waals surface area contributed by atoms with Crippen molar-refractivity contribution in [1.29, 1.82) is 0 Å². The molecule has 0 saturated carbocycles. The standard InChI is InChI=1S/C8H10BrNO3/c1-12-8-6(9)3-2-5(4-13-10)7(8)11/h2-3,11H,4,10H2,1H3. The first-order chi connectivity index (χ1) is 6.20. The first-order valence-electron chi connectivity index (χ1n) is 3.56. The van der Waals surface area contributed by atoms with E-state index in [2.05, 4.69) is 20.8 Å². The fraction of sp³-hybridized carbons (Fsp3) is 0.250. The first kappa shape index (κ1) is 10.3. The van der Waals surface area contributed by atoms with Gasteiger partial charge < -0.3 is 9.84 Å². The van der Waals surface area contributed by atoms with Gasteiger partial charge in [-0.05, 0) is 22.0 Å². The van der Waals surface area contributed by atoms with E-state index >= 15 is 0 Å². The minimum atomic E-state index is 0.0438. The van der Waals surface area contributed by atoms with E-state index in [1.807, 2.05) is 0 Å². The zero-order chi connectivity index (χ0) is 9.84. The number of hydrogen-bond acceptors (Lipinski definition) is 4. The summed E-state index contributed by atoms with van der Waals surface area (Å²) >= 11 is 3.24. The van der Waals surface area contributed by atoms with Crippen LogP contribution in [-0.2, 0) is 11.4 Å². The van der Waals surface area contributed by atoms with Crippen LogP contribution < -0.4 is 10.6 Å². The summed E-state index contributed by atoms with van der Waals surface area (Å²) < 4.78 is 5.66. The molecule has 0 aliphatic heterocycles. The Morgan fingerprint density at radius 3 is 2.77 bits per heavy atom. The van der Waals surface area contributed by atoms with Gasteiger partial charge in [0.2, 0.25) is 0 Å². The SMILES string of the molecule is COc1c(Br)ccc(CON)c1O. The van der Waals surface area contributed by atoms with E-state index in [0.29, 0.717) is 15.8 Å². The Bertz CT molecular complexity index is 304. The van der Waals surface area contributed by atoms with Crippen LogP contribution >= 0.6 is 15.9 Å². The highest BCUT2D eigenvalue weighted by atomic mass is 79.9. The minimum Gasteiger partial charge on any atom is -0.504 e. The van der Waals surface area contributed by atoms with Crippen molar-refractivity contribution in [1.82, 2.24) is 0 Å². The highest BCUT2D eigenvalue weighted by molar-refractivity contribution is 9.10. The van der Waals surface area contributed by atoms with Gasteiger partial charge in [0.05, 0.1) is 18.2 Å². The van der Waals surface area contributed by atoms with Crippen molar-refractivity contribution >= 4 is 15.9 Å². The number of ether oxygens (including phenoxy) is 1. The Morgan fingerprint density at radius 2 is 2.23 bits per heavy atom. The molecule has 3 N–H and O–H groups in total. The minimum absolute atomic E-state index is 0.0438. The van der Waals surface area contributed by atoms with Crippen LogP contribution in [0.25, 0.3) is 0 Å². The molecule has 0 aliphatic carbocycles. The summed E-state index contributed by atoms with van der Waals surface area (Å²) in [6.45, 7) is 0.148.